The molecular weight excluding hydrogens is 292 g/mol. The van der Waals surface area contributed by atoms with Gasteiger partial charge in [-0.1, -0.05) is 19.4 Å². The Balaban J connectivity index is 1.80. The van der Waals surface area contributed by atoms with Crippen LogP contribution in [0, 0.1) is 28.6 Å². The number of aliphatic hydroxyl groups excluding tert-OH is 2. The predicted octanol–water partition coefficient (Wildman–Crippen LogP) is 2.03. The van der Waals surface area contributed by atoms with Crippen molar-refractivity contribution >= 4 is 11.6 Å². The average molecular weight is 318 g/mol. The van der Waals surface area contributed by atoms with Crippen LogP contribution >= 0.6 is 0 Å². The van der Waals surface area contributed by atoms with Gasteiger partial charge in [0.1, 0.15) is 5.78 Å². The van der Waals surface area contributed by atoms with Gasteiger partial charge in [0.25, 0.3) is 0 Å². The molecule has 0 aromatic carbocycles. The normalized spacial score (nSPS) is 52.5. The summed E-state index contributed by atoms with van der Waals surface area (Å²) in [6.07, 6.45) is 4.25. The molecule has 0 bridgehead atoms. The van der Waals surface area contributed by atoms with Crippen molar-refractivity contribution in [1.82, 2.24) is 0 Å². The van der Waals surface area contributed by atoms with E-state index < -0.39 is 17.6 Å². The molecule has 4 nitrogen and oxygen atoms in total. The molecule has 126 valence electrons. The van der Waals surface area contributed by atoms with Crippen LogP contribution in [0.1, 0.15) is 52.4 Å². The van der Waals surface area contributed by atoms with Crippen molar-refractivity contribution < 1.29 is 19.8 Å². The Kier molecular flexibility index (Phi) is 3.21. The molecule has 4 aliphatic carbocycles. The Morgan fingerprint density at radius 3 is 2.57 bits per heavy atom. The number of rotatable bonds is 0. The lowest BCUT2D eigenvalue weighted by molar-refractivity contribution is -0.165. The van der Waals surface area contributed by atoms with E-state index >= 15 is 0 Å². The summed E-state index contributed by atoms with van der Waals surface area (Å²) in [6, 6.07) is 0. The van der Waals surface area contributed by atoms with Crippen LogP contribution in [0.2, 0.25) is 0 Å². The zero-order chi connectivity index (χ0) is 16.6. The Hall–Kier alpha value is -1.00. The fourth-order valence-electron chi connectivity index (χ4n) is 6.41. The van der Waals surface area contributed by atoms with Gasteiger partial charge in [-0.3, -0.25) is 9.59 Å². The summed E-state index contributed by atoms with van der Waals surface area (Å²) in [7, 11) is 0. The fraction of sp³-hybridized carbons (Fsp3) is 0.789. The average Bonchev–Trinajstić information content (AvgIpc) is 2.76. The second-order valence-electron chi connectivity index (χ2n) is 8.69. The van der Waals surface area contributed by atoms with E-state index in [1.807, 2.05) is 6.92 Å². The molecular formula is C19H26O4. The summed E-state index contributed by atoms with van der Waals surface area (Å²) in [4.78, 5) is 24.2. The van der Waals surface area contributed by atoms with Gasteiger partial charge in [0.15, 0.2) is 5.78 Å². The number of hydrogen-bond acceptors (Lipinski definition) is 4. The van der Waals surface area contributed by atoms with Crippen LogP contribution in [0.3, 0.4) is 0 Å². The molecule has 2 N–H and O–H groups in total. The fourth-order valence-corrected chi connectivity index (χ4v) is 6.41. The van der Waals surface area contributed by atoms with E-state index in [9.17, 15) is 19.8 Å². The number of aliphatic hydroxyl groups is 2. The topological polar surface area (TPSA) is 74.6 Å². The summed E-state index contributed by atoms with van der Waals surface area (Å²) in [5.41, 5.74) is 0.308. The Bertz CT molecular complexity index is 608. The van der Waals surface area contributed by atoms with Crippen molar-refractivity contribution in [1.29, 1.82) is 0 Å². The molecule has 2 unspecified atom stereocenters. The highest BCUT2D eigenvalue weighted by Crippen LogP contribution is 2.64. The number of carbonyl (C=O) groups excluding carboxylic acids is 2. The van der Waals surface area contributed by atoms with Crippen molar-refractivity contribution in [3.05, 3.63) is 11.6 Å². The minimum atomic E-state index is -0.583. The van der Waals surface area contributed by atoms with Gasteiger partial charge in [0.05, 0.1) is 12.2 Å². The number of Topliss-reactive ketones (excluding diaryl/α,β-unsaturated/α-hetero) is 1. The maximum atomic E-state index is 12.4. The molecule has 0 aromatic heterocycles. The first-order chi connectivity index (χ1) is 10.8. The smallest absolute Gasteiger partial charge is 0.155 e. The third-order valence-corrected chi connectivity index (χ3v) is 7.63. The highest BCUT2D eigenvalue weighted by Gasteiger charge is 2.64. The van der Waals surface area contributed by atoms with Gasteiger partial charge in [0, 0.05) is 18.3 Å². The van der Waals surface area contributed by atoms with E-state index in [-0.39, 0.29) is 34.7 Å². The first-order valence-electron chi connectivity index (χ1n) is 8.91. The van der Waals surface area contributed by atoms with E-state index in [1.54, 1.807) is 6.08 Å². The third-order valence-electron chi connectivity index (χ3n) is 7.63. The monoisotopic (exact) mass is 318 g/mol. The van der Waals surface area contributed by atoms with Crippen molar-refractivity contribution in [3.8, 4) is 0 Å². The summed E-state index contributed by atoms with van der Waals surface area (Å²) in [5.74, 6) is 0.460. The lowest BCUT2D eigenvalue weighted by Gasteiger charge is -2.59. The van der Waals surface area contributed by atoms with Crippen LogP contribution in [0.5, 0.6) is 0 Å². The molecule has 3 saturated carbocycles. The minimum Gasteiger partial charge on any atom is -0.393 e. The predicted molar refractivity (Wildman–Crippen MR) is 84.5 cm³/mol. The van der Waals surface area contributed by atoms with Crippen LogP contribution in [0.15, 0.2) is 11.6 Å². The first kappa shape index (κ1) is 15.5. The summed E-state index contributed by atoms with van der Waals surface area (Å²) < 4.78 is 0. The van der Waals surface area contributed by atoms with Gasteiger partial charge in [0.2, 0.25) is 0 Å². The van der Waals surface area contributed by atoms with Crippen LogP contribution < -0.4 is 0 Å². The number of hydrogen-bond donors (Lipinski definition) is 2. The van der Waals surface area contributed by atoms with Gasteiger partial charge in [-0.15, -0.1) is 0 Å². The van der Waals surface area contributed by atoms with Crippen LogP contribution in [-0.2, 0) is 9.59 Å². The highest BCUT2D eigenvalue weighted by molar-refractivity contribution is 5.91. The lowest BCUT2D eigenvalue weighted by atomic mass is 9.46. The minimum absolute atomic E-state index is 0.0365. The van der Waals surface area contributed by atoms with Gasteiger partial charge >= 0.3 is 0 Å². The maximum absolute atomic E-state index is 12.4. The molecule has 0 aromatic rings. The van der Waals surface area contributed by atoms with E-state index in [4.69, 9.17) is 0 Å². The zero-order valence-electron chi connectivity index (χ0n) is 13.9. The second kappa shape index (κ2) is 4.76. The number of ketones is 2. The van der Waals surface area contributed by atoms with E-state index in [0.717, 1.165) is 18.4 Å². The van der Waals surface area contributed by atoms with Crippen molar-refractivity contribution in [2.24, 2.45) is 28.6 Å². The molecule has 7 atom stereocenters. The Morgan fingerprint density at radius 1 is 1.09 bits per heavy atom. The van der Waals surface area contributed by atoms with Gasteiger partial charge < -0.3 is 10.2 Å². The molecule has 0 aliphatic heterocycles. The Morgan fingerprint density at radius 2 is 1.83 bits per heavy atom. The molecule has 4 rings (SSSR count). The van der Waals surface area contributed by atoms with Crippen LogP contribution in [0.4, 0.5) is 0 Å². The van der Waals surface area contributed by atoms with E-state index in [2.05, 4.69) is 6.92 Å². The summed E-state index contributed by atoms with van der Waals surface area (Å²) in [5, 5.41) is 21.8. The Labute approximate surface area is 137 Å². The maximum Gasteiger partial charge on any atom is 0.155 e. The van der Waals surface area contributed by atoms with Crippen LogP contribution in [-0.4, -0.2) is 34.0 Å². The SMILES string of the molecule is C[C@]12CCC(=O)C=C1C[C@H](O)[C@@H]1C2C(O)C[C@]2(C)C(=O)CC[C@@H]12. The lowest BCUT2D eigenvalue weighted by Crippen LogP contribution is -2.60. The van der Waals surface area contributed by atoms with Gasteiger partial charge in [-0.25, -0.2) is 0 Å². The summed E-state index contributed by atoms with van der Waals surface area (Å²) in [6.45, 7) is 4.13. The molecule has 0 heterocycles. The van der Waals surface area contributed by atoms with Crippen LogP contribution in [0.25, 0.3) is 0 Å². The highest BCUT2D eigenvalue weighted by atomic mass is 16.3. The second-order valence-corrected chi connectivity index (χ2v) is 8.69. The molecule has 0 amide bonds. The van der Waals surface area contributed by atoms with Crippen molar-refractivity contribution in [3.63, 3.8) is 0 Å². The van der Waals surface area contributed by atoms with Crippen molar-refractivity contribution in [2.75, 3.05) is 0 Å². The molecule has 3 fully saturated rings. The first-order valence-corrected chi connectivity index (χ1v) is 8.91. The molecule has 23 heavy (non-hydrogen) atoms. The quantitative estimate of drug-likeness (QED) is 0.717. The molecule has 0 spiro atoms. The standard InChI is InChI=1S/C19H26O4/c1-18-6-5-11(20)7-10(18)8-13(21)16-12-3-4-15(23)19(12,2)9-14(22)17(16)18/h7,12-14,16-17,21-22H,3-6,8-9H2,1-2H3/t12-,13-,14?,16+,17?,18-,19-/m0/s1. The largest absolute Gasteiger partial charge is 0.393 e. The summed E-state index contributed by atoms with van der Waals surface area (Å²) >= 11 is 0. The van der Waals surface area contributed by atoms with E-state index in [0.29, 0.717) is 25.7 Å². The molecule has 0 radical (unpaired) electrons. The van der Waals surface area contributed by atoms with Crippen molar-refractivity contribution in [2.45, 2.75) is 64.6 Å². The van der Waals surface area contributed by atoms with Gasteiger partial charge in [-0.2, -0.15) is 0 Å². The molecule has 4 aliphatic rings. The third kappa shape index (κ3) is 1.91. The van der Waals surface area contributed by atoms with Gasteiger partial charge in [-0.05, 0) is 54.9 Å². The number of fused-ring (bicyclic) bond motifs is 5. The number of carbonyl (C=O) groups is 2. The molecule has 4 heteroatoms. The molecule has 0 saturated heterocycles. The van der Waals surface area contributed by atoms with E-state index in [1.165, 1.54) is 0 Å². The zero-order valence-corrected chi connectivity index (χ0v) is 13.9.